The van der Waals surface area contributed by atoms with Crippen LogP contribution in [0.2, 0.25) is 10.2 Å². The molecule has 2 atom stereocenters. The van der Waals surface area contributed by atoms with Crippen molar-refractivity contribution in [2.24, 2.45) is 0 Å². The van der Waals surface area contributed by atoms with Crippen LogP contribution in [0.5, 0.6) is 0 Å². The minimum Gasteiger partial charge on any atom is -0.403 e. The van der Waals surface area contributed by atoms with E-state index in [1.165, 1.54) is 12.3 Å². The fourth-order valence-electron chi connectivity index (χ4n) is 6.16. The zero-order chi connectivity index (χ0) is 31.6. The highest BCUT2D eigenvalue weighted by molar-refractivity contribution is 6.99. The molecule has 0 aliphatic carbocycles. The minimum atomic E-state index is -3.06. The molecule has 0 spiro atoms. The van der Waals surface area contributed by atoms with E-state index in [0.717, 1.165) is 16.6 Å². The van der Waals surface area contributed by atoms with Crippen molar-refractivity contribution < 1.29 is 22.7 Å². The van der Waals surface area contributed by atoms with Crippen molar-refractivity contribution in [3.63, 3.8) is 0 Å². The summed E-state index contributed by atoms with van der Waals surface area (Å²) in [7, 11) is -3.06. The van der Waals surface area contributed by atoms with E-state index in [2.05, 4.69) is 55.0 Å². The molecular weight excluding hydrogens is 600 g/mol. The molecule has 230 valence electrons. The Hall–Kier alpha value is -3.50. The molecule has 2 heterocycles. The highest BCUT2D eigenvalue weighted by Crippen LogP contribution is 2.39. The number of anilines is 1. The van der Waals surface area contributed by atoms with E-state index in [1.54, 1.807) is 4.90 Å². The Morgan fingerprint density at radius 1 is 0.955 bits per heavy atom. The molecule has 1 aromatic heterocycles. The second-order valence-electron chi connectivity index (χ2n) is 12.2. The average molecular weight is 636 g/mol. The Balaban J connectivity index is 1.68. The number of rotatable bonds is 8. The molecule has 0 bridgehead atoms. The lowest BCUT2D eigenvalue weighted by atomic mass is 10.0. The summed E-state index contributed by atoms with van der Waals surface area (Å²) in [4.78, 5) is 23.1. The molecule has 1 aliphatic heterocycles. The lowest BCUT2D eigenvalue weighted by Gasteiger charge is -2.43. The summed E-state index contributed by atoms with van der Waals surface area (Å²) in [5, 5.41) is 1.82. The number of carbonyl (C=O) groups excluding carboxylic acids is 1. The van der Waals surface area contributed by atoms with E-state index in [0.29, 0.717) is 18.7 Å². The Kier molecular flexibility index (Phi) is 9.32. The van der Waals surface area contributed by atoms with Crippen molar-refractivity contribution in [3.05, 3.63) is 113 Å². The summed E-state index contributed by atoms with van der Waals surface area (Å²) >= 11 is 5.85. The first-order chi connectivity index (χ1) is 20.9. The van der Waals surface area contributed by atoms with Gasteiger partial charge >= 0.3 is 0 Å². The Labute approximate surface area is 263 Å². The van der Waals surface area contributed by atoms with Gasteiger partial charge in [-0.1, -0.05) is 93.0 Å². The van der Waals surface area contributed by atoms with Gasteiger partial charge < -0.3 is 14.1 Å². The van der Waals surface area contributed by atoms with Crippen LogP contribution in [0.4, 0.5) is 14.5 Å². The summed E-state index contributed by atoms with van der Waals surface area (Å²) in [6.07, 6.45) is 1.93. The number of aromatic nitrogens is 2. The monoisotopic (exact) mass is 635 g/mol. The van der Waals surface area contributed by atoms with Gasteiger partial charge in [0.05, 0.1) is 42.5 Å². The van der Waals surface area contributed by atoms with Crippen LogP contribution in [-0.2, 0) is 15.8 Å². The number of morpholine rings is 1. The maximum Gasteiger partial charge on any atom is 0.261 e. The Morgan fingerprint density at radius 2 is 1.52 bits per heavy atom. The molecule has 4 aromatic rings. The van der Waals surface area contributed by atoms with Crippen LogP contribution >= 0.6 is 11.6 Å². The predicted molar refractivity (Wildman–Crippen MR) is 171 cm³/mol. The number of nitrogens with zero attached hydrogens (tertiary/aromatic N) is 3. The summed E-state index contributed by atoms with van der Waals surface area (Å²) in [6, 6.07) is 21.5. The highest BCUT2D eigenvalue weighted by atomic mass is 35.5. The van der Waals surface area contributed by atoms with Gasteiger partial charge in [0, 0.05) is 18.7 Å². The molecule has 6 nitrogen and oxygen atoms in total. The average Bonchev–Trinajstić information content (AvgIpc) is 2.99. The summed E-state index contributed by atoms with van der Waals surface area (Å²) in [5.41, 5.74) is -0.157. The molecule has 0 radical (unpaired) electrons. The molecule has 5 rings (SSSR count). The first kappa shape index (κ1) is 31.9. The number of halogens is 3. The first-order valence-corrected chi connectivity index (χ1v) is 16.9. The van der Waals surface area contributed by atoms with Crippen molar-refractivity contribution >= 4 is 41.8 Å². The lowest BCUT2D eigenvalue weighted by molar-refractivity contribution is -0.00553. The predicted octanol–water partition coefficient (Wildman–Crippen LogP) is 6.33. The summed E-state index contributed by atoms with van der Waals surface area (Å²) < 4.78 is 45.1. The third-order valence-electron chi connectivity index (χ3n) is 7.95. The van der Waals surface area contributed by atoms with Crippen molar-refractivity contribution in [3.8, 4) is 0 Å². The van der Waals surface area contributed by atoms with Crippen molar-refractivity contribution in [2.75, 3.05) is 18.0 Å². The standard InChI is InChI=1S/C34H36ClF2N3O3Si/c1-22-19-40(20-23(2)43-22)32-24(16-27(30(36)31(32)37)33(41)28-17-39-29(35)18-38-28)21-42-44(34(3,4)5,25-12-8-6-9-13-25)26-14-10-7-11-15-26/h6-18,22-23H,19-21H2,1-5H3/t22-,23+. The third-order valence-corrected chi connectivity index (χ3v) is 13.1. The number of benzene rings is 3. The number of hydrogen-bond donors (Lipinski definition) is 0. The quantitative estimate of drug-likeness (QED) is 0.167. The number of ketones is 1. The molecule has 10 heteroatoms. The summed E-state index contributed by atoms with van der Waals surface area (Å²) in [5.74, 6) is -3.16. The zero-order valence-corrected chi connectivity index (χ0v) is 27.2. The molecule has 1 saturated heterocycles. The van der Waals surface area contributed by atoms with Gasteiger partial charge in [0.15, 0.2) is 11.6 Å². The van der Waals surface area contributed by atoms with Crippen LogP contribution < -0.4 is 15.3 Å². The number of hydrogen-bond acceptors (Lipinski definition) is 6. The van der Waals surface area contributed by atoms with E-state index < -0.39 is 31.3 Å². The van der Waals surface area contributed by atoms with Crippen molar-refractivity contribution in [1.82, 2.24) is 9.97 Å². The third kappa shape index (κ3) is 6.19. The Morgan fingerprint density at radius 3 is 2.02 bits per heavy atom. The van der Waals surface area contributed by atoms with Gasteiger partial charge in [-0.05, 0) is 35.3 Å². The van der Waals surface area contributed by atoms with Crippen LogP contribution in [0.25, 0.3) is 0 Å². The van der Waals surface area contributed by atoms with Crippen LogP contribution in [-0.4, -0.2) is 49.4 Å². The van der Waals surface area contributed by atoms with E-state index in [1.807, 2.05) is 50.2 Å². The van der Waals surface area contributed by atoms with Gasteiger partial charge in [-0.25, -0.2) is 18.7 Å². The van der Waals surface area contributed by atoms with E-state index >= 15 is 8.78 Å². The van der Waals surface area contributed by atoms with Crippen LogP contribution in [0.1, 0.15) is 56.2 Å². The van der Waals surface area contributed by atoms with Crippen molar-refractivity contribution in [2.45, 2.75) is 58.5 Å². The fraction of sp³-hybridized carbons (Fsp3) is 0.324. The molecule has 44 heavy (non-hydrogen) atoms. The van der Waals surface area contributed by atoms with E-state index in [4.69, 9.17) is 20.8 Å². The molecule has 0 N–H and O–H groups in total. The van der Waals surface area contributed by atoms with Crippen LogP contribution in [0.3, 0.4) is 0 Å². The van der Waals surface area contributed by atoms with Crippen LogP contribution in [0, 0.1) is 11.6 Å². The van der Waals surface area contributed by atoms with Gasteiger partial charge in [-0.3, -0.25) is 4.79 Å². The largest absolute Gasteiger partial charge is 0.403 e. The second kappa shape index (κ2) is 12.8. The molecule has 1 aliphatic rings. The lowest BCUT2D eigenvalue weighted by Crippen LogP contribution is -2.66. The summed E-state index contributed by atoms with van der Waals surface area (Å²) in [6.45, 7) is 10.9. The number of ether oxygens (including phenoxy) is 1. The van der Waals surface area contributed by atoms with Gasteiger partial charge in [0.1, 0.15) is 10.8 Å². The molecule has 3 aromatic carbocycles. The van der Waals surface area contributed by atoms with Gasteiger partial charge in [-0.2, -0.15) is 0 Å². The van der Waals surface area contributed by atoms with Gasteiger partial charge in [0.2, 0.25) is 5.78 Å². The van der Waals surface area contributed by atoms with Gasteiger partial charge in [-0.15, -0.1) is 0 Å². The first-order valence-electron chi connectivity index (χ1n) is 14.6. The Bertz CT molecular complexity index is 1570. The fourth-order valence-corrected chi connectivity index (χ4v) is 10.8. The normalized spacial score (nSPS) is 17.5. The highest BCUT2D eigenvalue weighted by Gasteiger charge is 2.50. The molecule has 0 unspecified atom stereocenters. The molecule has 0 saturated carbocycles. The molecule has 1 fully saturated rings. The van der Waals surface area contributed by atoms with E-state index in [-0.39, 0.29) is 40.4 Å². The topological polar surface area (TPSA) is 64.5 Å². The number of carbonyl (C=O) groups is 1. The van der Waals surface area contributed by atoms with Crippen molar-refractivity contribution in [1.29, 1.82) is 0 Å². The van der Waals surface area contributed by atoms with E-state index in [9.17, 15) is 4.79 Å². The SMILES string of the molecule is C[C@@H]1CN(c2c(CO[Si](c3ccccc3)(c3ccccc3)C(C)(C)C)cc(C(=O)c3cnc(Cl)cn3)c(F)c2F)C[C@H](C)O1. The minimum absolute atomic E-state index is 0.0630. The molecular formula is C34H36ClF2N3O3Si. The maximum atomic E-state index is 16.3. The maximum absolute atomic E-state index is 16.3. The van der Waals surface area contributed by atoms with Gasteiger partial charge in [0.25, 0.3) is 8.32 Å². The smallest absolute Gasteiger partial charge is 0.261 e. The molecule has 0 amide bonds. The zero-order valence-electron chi connectivity index (χ0n) is 25.5. The van der Waals surface area contributed by atoms with Crippen LogP contribution in [0.15, 0.2) is 79.1 Å². The second-order valence-corrected chi connectivity index (χ2v) is 16.9.